The zero-order valence-corrected chi connectivity index (χ0v) is 21.2. The molecule has 0 aliphatic rings. The van der Waals surface area contributed by atoms with Crippen molar-refractivity contribution in [2.75, 3.05) is 12.9 Å². The summed E-state index contributed by atoms with van der Waals surface area (Å²) >= 11 is 1.47. The number of esters is 1. The minimum Gasteiger partial charge on any atom is -0.469 e. The highest BCUT2D eigenvalue weighted by Crippen LogP contribution is 2.29. The van der Waals surface area contributed by atoms with Crippen molar-refractivity contribution in [3.8, 4) is 17.2 Å². The summed E-state index contributed by atoms with van der Waals surface area (Å²) in [6.45, 7) is 0.128. The van der Waals surface area contributed by atoms with Crippen LogP contribution in [0, 0.1) is 0 Å². The number of rotatable bonds is 12. The van der Waals surface area contributed by atoms with Crippen LogP contribution in [-0.2, 0) is 20.9 Å². The summed E-state index contributed by atoms with van der Waals surface area (Å²) in [5.41, 5.74) is 0.857. The van der Waals surface area contributed by atoms with E-state index in [0.717, 1.165) is 10.5 Å². The third kappa shape index (κ3) is 10.6. The lowest BCUT2D eigenvalue weighted by Gasteiger charge is -2.18. The number of alkyl carbamates (subject to hydrolysis) is 1. The Bertz CT molecular complexity index is 1160. The van der Waals surface area contributed by atoms with Gasteiger partial charge in [0.25, 0.3) is 0 Å². The Morgan fingerprint density at radius 3 is 2.11 bits per heavy atom. The molecule has 0 fully saturated rings. The minimum absolute atomic E-state index is 0.128. The highest BCUT2D eigenvalue weighted by molar-refractivity contribution is 7.99. The average Bonchev–Trinajstić information content (AvgIpc) is 2.90. The van der Waals surface area contributed by atoms with Gasteiger partial charge in [-0.2, -0.15) is 0 Å². The summed E-state index contributed by atoms with van der Waals surface area (Å²) in [5.74, 6) is 0.595. The van der Waals surface area contributed by atoms with Crippen LogP contribution in [0.1, 0.15) is 18.4 Å². The molecule has 1 N–H and O–H groups in total. The van der Waals surface area contributed by atoms with Crippen LogP contribution in [0.2, 0.25) is 0 Å². The van der Waals surface area contributed by atoms with E-state index in [2.05, 4.69) is 10.1 Å². The van der Waals surface area contributed by atoms with Crippen LogP contribution in [0.4, 0.5) is 18.0 Å². The molecule has 3 rings (SSSR count). The lowest BCUT2D eigenvalue weighted by molar-refractivity contribution is -0.274. The molecule has 0 heterocycles. The van der Waals surface area contributed by atoms with Crippen LogP contribution < -0.4 is 14.8 Å². The maximum Gasteiger partial charge on any atom is 0.573 e. The maximum atomic E-state index is 12.3. The fraction of sp³-hybridized carbons (Fsp3) is 0.259. The molecule has 0 spiro atoms. The maximum absolute atomic E-state index is 12.3. The first-order valence-electron chi connectivity index (χ1n) is 11.5. The third-order valence-electron chi connectivity index (χ3n) is 5.03. The average molecular weight is 550 g/mol. The van der Waals surface area contributed by atoms with Gasteiger partial charge in [0.15, 0.2) is 0 Å². The number of thioether (sulfide) groups is 1. The lowest BCUT2D eigenvalue weighted by atomic mass is 10.2. The summed E-state index contributed by atoms with van der Waals surface area (Å²) in [6.07, 6.45) is -4.83. The zero-order valence-electron chi connectivity index (χ0n) is 20.4. The minimum atomic E-state index is -4.76. The van der Waals surface area contributed by atoms with Gasteiger partial charge in [0, 0.05) is 23.1 Å². The molecule has 0 unspecified atom stereocenters. The van der Waals surface area contributed by atoms with Crippen LogP contribution in [0.15, 0.2) is 83.8 Å². The monoisotopic (exact) mass is 549 g/mol. The molecule has 11 heteroatoms. The fourth-order valence-corrected chi connectivity index (χ4v) is 4.14. The number of alkyl halides is 3. The molecular weight excluding hydrogens is 523 g/mol. The van der Waals surface area contributed by atoms with Crippen molar-refractivity contribution < 1.29 is 41.7 Å². The Labute approximate surface area is 222 Å². The predicted octanol–water partition coefficient (Wildman–Crippen LogP) is 6.72. The van der Waals surface area contributed by atoms with E-state index in [1.807, 2.05) is 42.5 Å². The lowest BCUT2D eigenvalue weighted by Crippen LogP contribution is -2.37. The summed E-state index contributed by atoms with van der Waals surface area (Å²) in [5, 5.41) is 2.80. The molecule has 3 aromatic rings. The Kier molecular flexibility index (Phi) is 10.7. The number of methoxy groups -OCH3 is 1. The van der Waals surface area contributed by atoms with Gasteiger partial charge in [0.2, 0.25) is 0 Å². The second-order valence-corrected chi connectivity index (χ2v) is 9.01. The van der Waals surface area contributed by atoms with Crippen molar-refractivity contribution in [3.05, 3.63) is 84.4 Å². The molecule has 0 radical (unpaired) electrons. The molecule has 0 aliphatic carbocycles. The van der Waals surface area contributed by atoms with Crippen LogP contribution in [0.25, 0.3) is 0 Å². The summed E-state index contributed by atoms with van der Waals surface area (Å²) in [6, 6.07) is 21.1. The molecule has 0 aromatic heterocycles. The number of amides is 1. The molecule has 0 aliphatic heterocycles. The van der Waals surface area contributed by atoms with Gasteiger partial charge >= 0.3 is 18.4 Å². The molecular formula is C27H26F3NO6S. The van der Waals surface area contributed by atoms with E-state index in [0.29, 0.717) is 23.7 Å². The SMILES string of the molecule is COC(=O)CC[C@@H](CSc1ccc(Oc2ccc(OC(F)(F)F)cc2)cc1)NC(=O)OCc1ccccc1. The summed E-state index contributed by atoms with van der Waals surface area (Å²) in [7, 11) is 1.31. The van der Waals surface area contributed by atoms with Crippen LogP contribution in [0.5, 0.6) is 17.2 Å². The third-order valence-corrected chi connectivity index (χ3v) is 6.20. The van der Waals surface area contributed by atoms with E-state index in [1.54, 1.807) is 12.1 Å². The molecule has 3 aromatic carbocycles. The first-order valence-corrected chi connectivity index (χ1v) is 12.5. The van der Waals surface area contributed by atoms with Gasteiger partial charge in [-0.3, -0.25) is 4.79 Å². The van der Waals surface area contributed by atoms with Gasteiger partial charge in [-0.15, -0.1) is 24.9 Å². The van der Waals surface area contributed by atoms with E-state index < -0.39 is 12.5 Å². The Morgan fingerprint density at radius 2 is 1.50 bits per heavy atom. The number of halogens is 3. The van der Waals surface area contributed by atoms with Crippen LogP contribution in [0.3, 0.4) is 0 Å². The van der Waals surface area contributed by atoms with Crippen molar-refractivity contribution in [2.45, 2.75) is 36.7 Å². The zero-order chi connectivity index (χ0) is 27.4. The summed E-state index contributed by atoms with van der Waals surface area (Å²) in [4.78, 5) is 24.8. The topological polar surface area (TPSA) is 83.1 Å². The van der Waals surface area contributed by atoms with Crippen molar-refractivity contribution >= 4 is 23.8 Å². The quantitative estimate of drug-likeness (QED) is 0.198. The molecule has 7 nitrogen and oxygen atoms in total. The molecule has 0 bridgehead atoms. The van der Waals surface area contributed by atoms with Gasteiger partial charge < -0.3 is 24.3 Å². The highest BCUT2D eigenvalue weighted by atomic mass is 32.2. The molecule has 202 valence electrons. The standard InChI is InChI=1S/C27H26F3NO6S/c1-34-25(32)16-7-20(31-26(33)35-17-19-5-3-2-4-6-19)18-38-24-14-12-22(13-15-24)36-21-8-10-23(11-9-21)37-27(28,29)30/h2-6,8-15,20H,7,16-18H2,1H3,(H,31,33)/t20-/m0/s1. The van der Waals surface area contributed by atoms with Gasteiger partial charge in [-0.05, 0) is 60.5 Å². The first-order chi connectivity index (χ1) is 18.2. The van der Waals surface area contributed by atoms with E-state index in [1.165, 1.54) is 43.1 Å². The van der Waals surface area contributed by atoms with E-state index in [-0.39, 0.29) is 30.8 Å². The fourth-order valence-electron chi connectivity index (χ4n) is 3.17. The largest absolute Gasteiger partial charge is 0.573 e. The first kappa shape index (κ1) is 28.7. The van der Waals surface area contributed by atoms with Crippen LogP contribution in [-0.4, -0.2) is 37.3 Å². The van der Waals surface area contributed by atoms with Gasteiger partial charge in [-0.25, -0.2) is 4.79 Å². The van der Waals surface area contributed by atoms with Crippen molar-refractivity contribution in [3.63, 3.8) is 0 Å². The summed E-state index contributed by atoms with van der Waals surface area (Å²) < 4.78 is 56.4. The van der Waals surface area contributed by atoms with Gasteiger partial charge in [0.05, 0.1) is 7.11 Å². The van der Waals surface area contributed by atoms with E-state index in [9.17, 15) is 22.8 Å². The number of ether oxygens (including phenoxy) is 4. The normalized spacial score (nSPS) is 11.8. The predicted molar refractivity (Wildman–Crippen MR) is 135 cm³/mol. The number of nitrogens with one attached hydrogen (secondary N) is 1. The van der Waals surface area contributed by atoms with Crippen LogP contribution >= 0.6 is 11.8 Å². The Morgan fingerprint density at radius 1 is 0.895 bits per heavy atom. The Hall–Kier alpha value is -3.86. The number of carbonyl (C=O) groups excluding carboxylic acids is 2. The number of carbonyl (C=O) groups is 2. The Balaban J connectivity index is 1.51. The number of hydrogen-bond acceptors (Lipinski definition) is 7. The second kappa shape index (κ2) is 14.2. The second-order valence-electron chi connectivity index (χ2n) is 7.92. The van der Waals surface area contributed by atoms with Crippen molar-refractivity contribution in [1.29, 1.82) is 0 Å². The number of hydrogen-bond donors (Lipinski definition) is 1. The van der Waals surface area contributed by atoms with Gasteiger partial charge in [0.1, 0.15) is 23.9 Å². The molecule has 1 amide bonds. The molecule has 0 saturated heterocycles. The molecule has 1 atom stereocenters. The van der Waals surface area contributed by atoms with Crippen molar-refractivity contribution in [1.82, 2.24) is 5.32 Å². The highest BCUT2D eigenvalue weighted by Gasteiger charge is 2.31. The smallest absolute Gasteiger partial charge is 0.469 e. The number of benzene rings is 3. The van der Waals surface area contributed by atoms with Crippen molar-refractivity contribution in [2.24, 2.45) is 0 Å². The molecule has 38 heavy (non-hydrogen) atoms. The van der Waals surface area contributed by atoms with E-state index >= 15 is 0 Å². The van der Waals surface area contributed by atoms with Gasteiger partial charge in [-0.1, -0.05) is 30.3 Å². The van der Waals surface area contributed by atoms with E-state index in [4.69, 9.17) is 14.2 Å². The molecule has 0 saturated carbocycles.